The molecule has 30 heavy (non-hydrogen) atoms. The van der Waals surface area contributed by atoms with Crippen LogP contribution in [-0.2, 0) is 6.54 Å². The quantitative estimate of drug-likeness (QED) is 0.447. The zero-order valence-corrected chi connectivity index (χ0v) is 15.8. The fourth-order valence-corrected chi connectivity index (χ4v) is 3.56. The lowest BCUT2D eigenvalue weighted by Crippen LogP contribution is -2.17. The molecule has 0 atom stereocenters. The van der Waals surface area contributed by atoms with Crippen molar-refractivity contribution in [3.05, 3.63) is 72.3 Å². The molecular weight excluding hydrogens is 393 g/mol. The molecule has 0 N–H and O–H groups in total. The van der Waals surface area contributed by atoms with E-state index in [2.05, 4.69) is 19.7 Å². The molecule has 1 saturated carbocycles. The Hall–Kier alpha value is -3.42. The normalized spacial score (nSPS) is 14.2. The average molecular weight is 410 g/mol. The molecule has 152 valence electrons. The third-order valence-electron chi connectivity index (χ3n) is 5.08. The van der Waals surface area contributed by atoms with Gasteiger partial charge >= 0.3 is 6.36 Å². The van der Waals surface area contributed by atoms with E-state index in [1.807, 2.05) is 35.3 Å². The van der Waals surface area contributed by atoms with Crippen LogP contribution in [0.2, 0.25) is 0 Å². The maximum absolute atomic E-state index is 12.5. The van der Waals surface area contributed by atoms with Crippen LogP contribution in [0.5, 0.6) is 5.75 Å². The molecule has 0 spiro atoms. The number of hydrogen-bond donors (Lipinski definition) is 0. The highest BCUT2D eigenvalue weighted by atomic mass is 19.4. The fourth-order valence-electron chi connectivity index (χ4n) is 3.56. The van der Waals surface area contributed by atoms with E-state index in [0.29, 0.717) is 29.5 Å². The first-order valence-corrected chi connectivity index (χ1v) is 9.57. The monoisotopic (exact) mass is 410 g/mol. The first-order valence-electron chi connectivity index (χ1n) is 9.57. The van der Waals surface area contributed by atoms with E-state index >= 15 is 0 Å². The Morgan fingerprint density at radius 1 is 1.03 bits per heavy atom. The largest absolute Gasteiger partial charge is 0.573 e. The van der Waals surface area contributed by atoms with E-state index in [9.17, 15) is 13.2 Å². The van der Waals surface area contributed by atoms with Gasteiger partial charge in [0.25, 0.3) is 0 Å². The Balaban J connectivity index is 1.49. The fraction of sp³-hybridized carbons (Fsp3) is 0.227. The zero-order valence-electron chi connectivity index (χ0n) is 15.8. The molecule has 1 fully saturated rings. The van der Waals surface area contributed by atoms with Gasteiger partial charge in [-0.25, -0.2) is 15.0 Å². The minimum Gasteiger partial charge on any atom is -0.406 e. The summed E-state index contributed by atoms with van der Waals surface area (Å²) in [6, 6.07) is 9.73. The SMILES string of the molecule is FC(F)(F)Oc1cccc(Cn2cc(-c3ncc(C4CC4)cn3)c3cccnc32)c1. The maximum Gasteiger partial charge on any atom is 0.573 e. The predicted molar refractivity (Wildman–Crippen MR) is 105 cm³/mol. The van der Waals surface area contributed by atoms with Gasteiger partial charge in [0.05, 0.1) is 0 Å². The number of halogens is 3. The van der Waals surface area contributed by atoms with Gasteiger partial charge in [-0.1, -0.05) is 12.1 Å². The summed E-state index contributed by atoms with van der Waals surface area (Å²) >= 11 is 0. The van der Waals surface area contributed by atoms with Gasteiger partial charge in [0.1, 0.15) is 11.4 Å². The Kier molecular flexibility index (Phi) is 4.42. The molecule has 0 saturated heterocycles. The predicted octanol–water partition coefficient (Wildman–Crippen LogP) is 5.32. The first kappa shape index (κ1) is 18.6. The summed E-state index contributed by atoms with van der Waals surface area (Å²) in [5.41, 5.74) is 3.37. The molecular formula is C22H17F3N4O. The molecule has 1 aliphatic carbocycles. The number of ether oxygens (including phenoxy) is 1. The number of benzene rings is 1. The Morgan fingerprint density at radius 2 is 1.83 bits per heavy atom. The van der Waals surface area contributed by atoms with Crippen molar-refractivity contribution in [2.45, 2.75) is 31.7 Å². The van der Waals surface area contributed by atoms with Crippen LogP contribution in [0, 0.1) is 0 Å². The van der Waals surface area contributed by atoms with Crippen molar-refractivity contribution in [3.63, 3.8) is 0 Å². The summed E-state index contributed by atoms with van der Waals surface area (Å²) in [6.07, 6.45) is 4.96. The molecule has 0 bridgehead atoms. The summed E-state index contributed by atoms with van der Waals surface area (Å²) in [4.78, 5) is 13.5. The summed E-state index contributed by atoms with van der Waals surface area (Å²) in [6.45, 7) is 0.336. The van der Waals surface area contributed by atoms with Crippen molar-refractivity contribution in [2.24, 2.45) is 0 Å². The number of rotatable bonds is 5. The van der Waals surface area contributed by atoms with Crippen molar-refractivity contribution in [1.82, 2.24) is 19.5 Å². The van der Waals surface area contributed by atoms with Crippen LogP contribution in [-0.4, -0.2) is 25.9 Å². The zero-order chi connectivity index (χ0) is 20.7. The number of hydrogen-bond acceptors (Lipinski definition) is 4. The van der Waals surface area contributed by atoms with Gasteiger partial charge in [-0.05, 0) is 54.2 Å². The molecule has 3 aromatic heterocycles. The molecule has 4 aromatic rings. The molecule has 3 heterocycles. The van der Waals surface area contributed by atoms with Crippen molar-refractivity contribution < 1.29 is 17.9 Å². The number of pyridine rings is 1. The smallest absolute Gasteiger partial charge is 0.406 e. The van der Waals surface area contributed by atoms with Gasteiger partial charge in [-0.3, -0.25) is 0 Å². The minimum absolute atomic E-state index is 0.247. The second-order valence-corrected chi connectivity index (χ2v) is 7.35. The van der Waals surface area contributed by atoms with Crippen LogP contribution in [0.25, 0.3) is 22.4 Å². The van der Waals surface area contributed by atoms with Crippen molar-refractivity contribution >= 4 is 11.0 Å². The van der Waals surface area contributed by atoms with Gasteiger partial charge in [-0.2, -0.15) is 0 Å². The summed E-state index contributed by atoms with van der Waals surface area (Å²) in [7, 11) is 0. The molecule has 5 nitrogen and oxygen atoms in total. The molecule has 1 aromatic carbocycles. The van der Waals surface area contributed by atoms with Crippen LogP contribution in [0.15, 0.2) is 61.2 Å². The molecule has 8 heteroatoms. The number of fused-ring (bicyclic) bond motifs is 1. The van der Waals surface area contributed by atoms with Gasteiger partial charge in [0.15, 0.2) is 5.82 Å². The van der Waals surface area contributed by atoms with E-state index in [1.165, 1.54) is 31.0 Å². The molecule has 0 radical (unpaired) electrons. The van der Waals surface area contributed by atoms with Gasteiger partial charge in [0.2, 0.25) is 0 Å². The molecule has 0 unspecified atom stereocenters. The lowest BCUT2D eigenvalue weighted by molar-refractivity contribution is -0.274. The maximum atomic E-state index is 12.5. The third-order valence-corrected chi connectivity index (χ3v) is 5.08. The highest BCUT2D eigenvalue weighted by Crippen LogP contribution is 2.39. The third kappa shape index (κ3) is 3.85. The number of aromatic nitrogens is 4. The second-order valence-electron chi connectivity index (χ2n) is 7.35. The number of nitrogens with zero attached hydrogens (tertiary/aromatic N) is 4. The van der Waals surface area contributed by atoms with E-state index in [-0.39, 0.29) is 5.75 Å². The van der Waals surface area contributed by atoms with Crippen LogP contribution >= 0.6 is 0 Å². The Bertz CT molecular complexity index is 1200. The second kappa shape index (κ2) is 7.12. The summed E-state index contributed by atoms with van der Waals surface area (Å²) in [5.74, 6) is 0.933. The van der Waals surface area contributed by atoms with Gasteiger partial charge < -0.3 is 9.30 Å². The summed E-state index contributed by atoms with van der Waals surface area (Å²) < 4.78 is 43.5. The van der Waals surface area contributed by atoms with E-state index in [1.54, 1.807) is 12.3 Å². The first-order chi connectivity index (χ1) is 14.5. The molecule has 5 rings (SSSR count). The highest BCUT2D eigenvalue weighted by Gasteiger charge is 2.31. The van der Waals surface area contributed by atoms with Crippen LogP contribution in [0.1, 0.15) is 29.9 Å². The molecule has 1 aliphatic rings. The van der Waals surface area contributed by atoms with Crippen LogP contribution < -0.4 is 4.74 Å². The standard InChI is InChI=1S/C22H17F3N4O/c23-22(24,25)30-17-4-1-3-14(9-17)12-29-13-19(18-5-2-8-26-21(18)29)20-27-10-16(11-28-20)15-6-7-15/h1-5,8-11,13,15H,6-7,12H2. The number of alkyl halides is 3. The van der Waals surface area contributed by atoms with Crippen molar-refractivity contribution in [1.29, 1.82) is 0 Å². The highest BCUT2D eigenvalue weighted by molar-refractivity contribution is 5.92. The van der Waals surface area contributed by atoms with E-state index in [0.717, 1.165) is 16.5 Å². The topological polar surface area (TPSA) is 52.8 Å². The van der Waals surface area contributed by atoms with Crippen molar-refractivity contribution in [2.75, 3.05) is 0 Å². The van der Waals surface area contributed by atoms with Gasteiger partial charge in [-0.15, -0.1) is 13.2 Å². The van der Waals surface area contributed by atoms with Crippen LogP contribution in [0.4, 0.5) is 13.2 Å². The van der Waals surface area contributed by atoms with Gasteiger partial charge in [0, 0.05) is 42.3 Å². The molecule has 0 aliphatic heterocycles. The summed E-state index contributed by atoms with van der Waals surface area (Å²) in [5, 5.41) is 0.888. The molecule has 0 amide bonds. The average Bonchev–Trinajstić information content (AvgIpc) is 3.50. The van der Waals surface area contributed by atoms with Crippen LogP contribution in [0.3, 0.4) is 0 Å². The lowest BCUT2D eigenvalue weighted by Gasteiger charge is -2.10. The van der Waals surface area contributed by atoms with Crippen molar-refractivity contribution in [3.8, 4) is 17.1 Å². The lowest BCUT2D eigenvalue weighted by atomic mass is 10.2. The minimum atomic E-state index is -4.72. The Morgan fingerprint density at radius 3 is 2.57 bits per heavy atom. The van der Waals surface area contributed by atoms with E-state index < -0.39 is 6.36 Å². The van der Waals surface area contributed by atoms with E-state index in [4.69, 9.17) is 0 Å². The Labute approximate surface area is 170 Å².